The summed E-state index contributed by atoms with van der Waals surface area (Å²) in [4.78, 5) is 10.5. The molecule has 3 rings (SSSR count). The Morgan fingerprint density at radius 1 is 1.22 bits per heavy atom. The molecule has 0 aromatic heterocycles. The fourth-order valence-electron chi connectivity index (χ4n) is 2.74. The third kappa shape index (κ3) is 2.74. The topological polar surface area (TPSA) is 99.2 Å². The lowest BCUT2D eigenvalue weighted by molar-refractivity contribution is -0.384. The van der Waals surface area contributed by atoms with Crippen LogP contribution in [0.4, 0.5) is 11.4 Å². The number of nitrogens with zero attached hydrogens (tertiary/aromatic N) is 3. The van der Waals surface area contributed by atoms with Crippen molar-refractivity contribution in [2.24, 2.45) is 5.10 Å². The minimum absolute atomic E-state index is 0.0567. The zero-order valence-electron chi connectivity index (χ0n) is 12.2. The molecule has 23 heavy (non-hydrogen) atoms. The van der Waals surface area contributed by atoms with Gasteiger partial charge in [0.2, 0.25) is 5.90 Å². The fourth-order valence-corrected chi connectivity index (χ4v) is 2.74. The summed E-state index contributed by atoms with van der Waals surface area (Å²) in [6.07, 6.45) is 0.385. The average molecular weight is 313 g/mol. The smallest absolute Gasteiger partial charge is 0.271 e. The molecule has 0 radical (unpaired) electrons. The molecule has 0 bridgehead atoms. The fraction of sp³-hybridized carbons (Fsp3) is 0.188. The van der Waals surface area contributed by atoms with E-state index in [2.05, 4.69) is 5.10 Å². The van der Waals surface area contributed by atoms with Crippen LogP contribution in [0.2, 0.25) is 0 Å². The van der Waals surface area contributed by atoms with Crippen molar-refractivity contribution in [1.29, 1.82) is 0 Å². The lowest BCUT2D eigenvalue weighted by Crippen LogP contribution is -2.31. The van der Waals surface area contributed by atoms with E-state index >= 15 is 0 Å². The first kappa shape index (κ1) is 15.0. The number of aliphatic hydroxyl groups excluding tert-OH is 2. The number of nitro groups is 1. The first-order chi connectivity index (χ1) is 11.1. The summed E-state index contributed by atoms with van der Waals surface area (Å²) >= 11 is 0. The maximum absolute atomic E-state index is 11.0. The standard InChI is InChI=1S/C16H15N3O4/c20-9-8-15-13-6-1-2-7-14(13)16(21)17-18(15)11-4-3-5-12(10-11)19(22)23/h1-7,10,15,20H,8-9H2,(H,17,21). The Kier molecular flexibility index (Phi) is 3.94. The molecule has 7 heteroatoms. The zero-order chi connectivity index (χ0) is 16.4. The molecule has 0 aliphatic carbocycles. The van der Waals surface area contributed by atoms with Crippen molar-refractivity contribution in [3.05, 3.63) is 69.8 Å². The van der Waals surface area contributed by atoms with Gasteiger partial charge in [-0.15, -0.1) is 5.10 Å². The van der Waals surface area contributed by atoms with E-state index in [1.165, 1.54) is 17.1 Å². The minimum Gasteiger partial charge on any atom is -0.492 e. The highest BCUT2D eigenvalue weighted by Crippen LogP contribution is 2.36. The molecule has 0 saturated heterocycles. The molecule has 2 N–H and O–H groups in total. The Bertz CT molecular complexity index is 775. The summed E-state index contributed by atoms with van der Waals surface area (Å²) in [5.41, 5.74) is 1.85. The second-order valence-corrected chi connectivity index (χ2v) is 5.16. The quantitative estimate of drug-likeness (QED) is 0.668. The second kappa shape index (κ2) is 6.05. The summed E-state index contributed by atoms with van der Waals surface area (Å²) in [7, 11) is 0. The van der Waals surface area contributed by atoms with E-state index in [0.29, 0.717) is 17.7 Å². The van der Waals surface area contributed by atoms with Crippen LogP contribution in [0, 0.1) is 10.1 Å². The molecule has 1 aliphatic rings. The minimum atomic E-state index is -0.480. The SMILES string of the molecule is O=[N+]([O-])c1cccc(N2N=C(O)c3ccccc3C2CCO)c1. The third-order valence-corrected chi connectivity index (χ3v) is 3.77. The van der Waals surface area contributed by atoms with Gasteiger partial charge in [0.25, 0.3) is 5.69 Å². The Morgan fingerprint density at radius 2 is 2.00 bits per heavy atom. The number of non-ortho nitro benzene ring substituents is 1. The molecule has 0 fully saturated rings. The molecule has 7 nitrogen and oxygen atoms in total. The predicted molar refractivity (Wildman–Crippen MR) is 85.6 cm³/mol. The molecule has 1 heterocycles. The number of nitro benzene ring substituents is 1. The van der Waals surface area contributed by atoms with Crippen LogP contribution in [-0.4, -0.2) is 27.6 Å². The van der Waals surface area contributed by atoms with Gasteiger partial charge in [-0.3, -0.25) is 15.1 Å². The second-order valence-electron chi connectivity index (χ2n) is 5.16. The molecule has 1 aliphatic heterocycles. The summed E-state index contributed by atoms with van der Waals surface area (Å²) in [5.74, 6) is -0.152. The van der Waals surface area contributed by atoms with Crippen molar-refractivity contribution in [2.75, 3.05) is 11.6 Å². The Balaban J connectivity index is 2.09. The first-order valence-electron chi connectivity index (χ1n) is 7.13. The Hall–Kier alpha value is -2.93. The van der Waals surface area contributed by atoms with Gasteiger partial charge in [0.15, 0.2) is 0 Å². The van der Waals surface area contributed by atoms with E-state index < -0.39 is 4.92 Å². The van der Waals surface area contributed by atoms with Crippen LogP contribution in [0.1, 0.15) is 23.6 Å². The number of anilines is 1. The van der Waals surface area contributed by atoms with Gasteiger partial charge in [-0.25, -0.2) is 0 Å². The van der Waals surface area contributed by atoms with Gasteiger partial charge in [0, 0.05) is 24.3 Å². The summed E-state index contributed by atoms with van der Waals surface area (Å²) in [6, 6.07) is 13.0. The van der Waals surface area contributed by atoms with Gasteiger partial charge >= 0.3 is 0 Å². The molecule has 2 aromatic carbocycles. The van der Waals surface area contributed by atoms with Gasteiger partial charge in [-0.2, -0.15) is 0 Å². The van der Waals surface area contributed by atoms with E-state index in [4.69, 9.17) is 0 Å². The average Bonchev–Trinajstić information content (AvgIpc) is 2.57. The largest absolute Gasteiger partial charge is 0.492 e. The van der Waals surface area contributed by atoms with Gasteiger partial charge in [0.1, 0.15) is 0 Å². The highest BCUT2D eigenvalue weighted by molar-refractivity contribution is 5.96. The van der Waals surface area contributed by atoms with Crippen molar-refractivity contribution in [3.8, 4) is 0 Å². The van der Waals surface area contributed by atoms with Crippen molar-refractivity contribution < 1.29 is 15.1 Å². The summed E-state index contributed by atoms with van der Waals surface area (Å²) in [6.45, 7) is -0.0687. The van der Waals surface area contributed by atoms with Gasteiger partial charge in [-0.05, 0) is 24.1 Å². The lowest BCUT2D eigenvalue weighted by Gasteiger charge is -2.33. The zero-order valence-corrected chi connectivity index (χ0v) is 12.2. The normalized spacial score (nSPS) is 16.7. The maximum atomic E-state index is 11.0. The number of fused-ring (bicyclic) bond motifs is 1. The van der Waals surface area contributed by atoms with Crippen LogP contribution < -0.4 is 5.01 Å². The number of rotatable bonds is 4. The molecule has 1 unspecified atom stereocenters. The van der Waals surface area contributed by atoms with Crippen LogP contribution in [0.3, 0.4) is 0 Å². The van der Waals surface area contributed by atoms with Crippen molar-refractivity contribution >= 4 is 17.3 Å². The highest BCUT2D eigenvalue weighted by atomic mass is 16.6. The summed E-state index contributed by atoms with van der Waals surface area (Å²) in [5, 5.41) is 36.2. The van der Waals surface area contributed by atoms with E-state index in [1.807, 2.05) is 12.1 Å². The van der Waals surface area contributed by atoms with Crippen LogP contribution in [0.15, 0.2) is 53.6 Å². The molecular formula is C16H15N3O4. The van der Waals surface area contributed by atoms with Crippen LogP contribution in [-0.2, 0) is 0 Å². The highest BCUT2D eigenvalue weighted by Gasteiger charge is 2.29. The number of benzene rings is 2. The van der Waals surface area contributed by atoms with Crippen molar-refractivity contribution in [2.45, 2.75) is 12.5 Å². The van der Waals surface area contributed by atoms with Gasteiger partial charge in [0.05, 0.1) is 16.7 Å². The lowest BCUT2D eigenvalue weighted by atomic mass is 9.95. The van der Waals surface area contributed by atoms with E-state index in [9.17, 15) is 20.3 Å². The van der Waals surface area contributed by atoms with Crippen molar-refractivity contribution in [3.63, 3.8) is 0 Å². The number of hydrogen-bond acceptors (Lipinski definition) is 5. The van der Waals surface area contributed by atoms with Gasteiger partial charge in [-0.1, -0.05) is 24.3 Å². The van der Waals surface area contributed by atoms with Crippen LogP contribution in [0.5, 0.6) is 0 Å². The van der Waals surface area contributed by atoms with E-state index in [-0.39, 0.29) is 24.2 Å². The number of hydrazone groups is 1. The van der Waals surface area contributed by atoms with Crippen LogP contribution >= 0.6 is 0 Å². The van der Waals surface area contributed by atoms with E-state index in [0.717, 1.165) is 5.56 Å². The summed E-state index contributed by atoms with van der Waals surface area (Å²) < 4.78 is 0. The van der Waals surface area contributed by atoms with Crippen LogP contribution in [0.25, 0.3) is 0 Å². The molecule has 118 valence electrons. The molecule has 2 aromatic rings. The monoisotopic (exact) mass is 313 g/mol. The van der Waals surface area contributed by atoms with E-state index in [1.54, 1.807) is 24.3 Å². The Morgan fingerprint density at radius 3 is 2.74 bits per heavy atom. The van der Waals surface area contributed by atoms with Gasteiger partial charge < -0.3 is 10.2 Å². The molecule has 0 amide bonds. The van der Waals surface area contributed by atoms with Crippen molar-refractivity contribution in [1.82, 2.24) is 0 Å². The molecule has 1 atom stereocenters. The molecule has 0 spiro atoms. The number of aliphatic hydroxyl groups is 2. The maximum Gasteiger partial charge on any atom is 0.271 e. The molecular weight excluding hydrogens is 298 g/mol. The molecule has 0 saturated carbocycles. The first-order valence-corrected chi connectivity index (χ1v) is 7.13. The third-order valence-electron chi connectivity index (χ3n) is 3.77. The Labute approximate surface area is 132 Å². The number of hydrogen-bond donors (Lipinski definition) is 2. The predicted octanol–water partition coefficient (Wildman–Crippen LogP) is 2.76.